The molecule has 0 aromatic carbocycles. The molecule has 0 heterocycles. The van der Waals surface area contributed by atoms with Gasteiger partial charge in [0.25, 0.3) is 0 Å². The Balaban J connectivity index is 0.000000640. The second kappa shape index (κ2) is 5.72. The Hall–Kier alpha value is 0.960. The Labute approximate surface area is 79.1 Å². The van der Waals surface area contributed by atoms with Crippen LogP contribution in [0.1, 0.15) is 32.1 Å². The number of hydrogen-bond donors (Lipinski definition) is 1. The van der Waals surface area contributed by atoms with Gasteiger partial charge in [0.2, 0.25) is 0 Å². The third-order valence-corrected chi connectivity index (χ3v) is 1.98. The van der Waals surface area contributed by atoms with Crippen LogP contribution in [0.3, 0.4) is 0 Å². The third-order valence-electron chi connectivity index (χ3n) is 1.98. The molecule has 1 rings (SSSR count). The van der Waals surface area contributed by atoms with E-state index in [1.165, 1.54) is 32.1 Å². The first-order chi connectivity index (χ1) is 3.93. The van der Waals surface area contributed by atoms with Crippen LogP contribution in [0.4, 0.5) is 0 Å². The quantitative estimate of drug-likeness (QED) is 0.538. The molecule has 0 bridgehead atoms. The van der Waals surface area contributed by atoms with E-state index in [1.54, 1.807) is 0 Å². The summed E-state index contributed by atoms with van der Waals surface area (Å²) in [7, 11) is 0. The average Bonchev–Trinajstić information content (AvgIpc) is 1.90. The summed E-state index contributed by atoms with van der Waals surface area (Å²) in [5.41, 5.74) is 0. The predicted octanol–water partition coefficient (Wildman–Crippen LogP) is 1.18. The fourth-order valence-electron chi connectivity index (χ4n) is 1.37. The molecule has 1 N–H and O–H groups in total. The molecule has 0 aliphatic heterocycles. The smallest absolute Gasteiger partial charge is 0.0459 e. The molecule has 1 fully saturated rings. The van der Waals surface area contributed by atoms with Crippen molar-refractivity contribution in [1.82, 2.24) is 0 Å². The van der Waals surface area contributed by atoms with E-state index in [0.29, 0.717) is 12.5 Å². The van der Waals surface area contributed by atoms with E-state index in [0.717, 1.165) is 0 Å². The van der Waals surface area contributed by atoms with Crippen LogP contribution in [0, 0.1) is 5.92 Å². The maximum absolute atomic E-state index is 8.69. The molecule has 0 amide bonds. The van der Waals surface area contributed by atoms with Gasteiger partial charge in [-0.25, -0.2) is 0 Å². The molecular weight excluding hydrogens is 123 g/mol. The van der Waals surface area contributed by atoms with Crippen LogP contribution in [0.2, 0.25) is 0 Å². The Morgan fingerprint density at radius 2 is 1.67 bits per heavy atom. The van der Waals surface area contributed by atoms with E-state index >= 15 is 0 Å². The van der Waals surface area contributed by atoms with Crippen LogP contribution in [0.15, 0.2) is 0 Å². The Morgan fingerprint density at radius 1 is 1.11 bits per heavy atom. The maximum atomic E-state index is 8.69. The van der Waals surface area contributed by atoms with E-state index in [2.05, 4.69) is 0 Å². The first kappa shape index (κ1) is 9.96. The summed E-state index contributed by atoms with van der Waals surface area (Å²) in [6, 6.07) is 0. The Bertz CT molecular complexity index is 59.9. The van der Waals surface area contributed by atoms with Gasteiger partial charge in [0.05, 0.1) is 0 Å². The van der Waals surface area contributed by atoms with Gasteiger partial charge < -0.3 is 5.11 Å². The molecular formula is C7H14NaO. The van der Waals surface area contributed by atoms with Gasteiger partial charge in [-0.3, -0.25) is 0 Å². The van der Waals surface area contributed by atoms with Crippen LogP contribution < -0.4 is 0 Å². The van der Waals surface area contributed by atoms with E-state index in [1.807, 2.05) is 0 Å². The van der Waals surface area contributed by atoms with Crippen LogP contribution in [-0.2, 0) is 0 Å². The van der Waals surface area contributed by atoms with Gasteiger partial charge in [-0.05, 0) is 18.8 Å². The van der Waals surface area contributed by atoms with Crippen molar-refractivity contribution in [2.45, 2.75) is 32.1 Å². The SMILES string of the molecule is OCC1CCCCC1.[Na]. The van der Waals surface area contributed by atoms with Crippen molar-refractivity contribution in [3.63, 3.8) is 0 Å². The predicted molar refractivity (Wildman–Crippen MR) is 39.4 cm³/mol. The molecule has 0 saturated heterocycles. The number of hydrogen-bond acceptors (Lipinski definition) is 1. The molecule has 1 aliphatic carbocycles. The number of rotatable bonds is 1. The molecule has 2 heteroatoms. The van der Waals surface area contributed by atoms with Crippen molar-refractivity contribution >= 4 is 29.6 Å². The summed E-state index contributed by atoms with van der Waals surface area (Å²) in [6.45, 7) is 0.417. The second-order valence-electron chi connectivity index (χ2n) is 2.69. The van der Waals surface area contributed by atoms with Gasteiger partial charge in [-0.1, -0.05) is 19.3 Å². The maximum Gasteiger partial charge on any atom is 0.0459 e. The standard InChI is InChI=1S/C7H14O.Na/c8-6-7-4-2-1-3-5-7;/h7-8H,1-6H2;. The molecule has 1 aliphatic rings. The molecule has 0 spiro atoms. The van der Waals surface area contributed by atoms with Gasteiger partial charge in [0, 0.05) is 36.2 Å². The van der Waals surface area contributed by atoms with Crippen molar-refractivity contribution in [2.75, 3.05) is 6.61 Å². The van der Waals surface area contributed by atoms with Crippen LogP contribution in [0.5, 0.6) is 0 Å². The summed E-state index contributed by atoms with van der Waals surface area (Å²) < 4.78 is 0. The minimum Gasteiger partial charge on any atom is -0.396 e. The van der Waals surface area contributed by atoms with E-state index < -0.39 is 0 Å². The first-order valence-electron chi connectivity index (χ1n) is 3.54. The average molecular weight is 137 g/mol. The summed E-state index contributed by atoms with van der Waals surface area (Å²) in [5.74, 6) is 0.642. The van der Waals surface area contributed by atoms with Crippen molar-refractivity contribution < 1.29 is 5.11 Å². The van der Waals surface area contributed by atoms with Gasteiger partial charge >= 0.3 is 0 Å². The van der Waals surface area contributed by atoms with Crippen molar-refractivity contribution in [1.29, 1.82) is 0 Å². The fraction of sp³-hybridized carbons (Fsp3) is 1.00. The number of aliphatic hydroxyl groups is 1. The van der Waals surface area contributed by atoms with Gasteiger partial charge in [0.15, 0.2) is 0 Å². The van der Waals surface area contributed by atoms with Crippen molar-refractivity contribution in [2.24, 2.45) is 5.92 Å². The van der Waals surface area contributed by atoms with Gasteiger partial charge in [-0.2, -0.15) is 0 Å². The third kappa shape index (κ3) is 3.61. The van der Waals surface area contributed by atoms with Crippen molar-refractivity contribution in [3.05, 3.63) is 0 Å². The summed E-state index contributed by atoms with van der Waals surface area (Å²) in [4.78, 5) is 0. The van der Waals surface area contributed by atoms with Crippen LogP contribution in [0.25, 0.3) is 0 Å². The summed E-state index contributed by atoms with van der Waals surface area (Å²) in [5, 5.41) is 8.69. The normalized spacial score (nSPS) is 21.0. The Morgan fingerprint density at radius 3 is 2.00 bits per heavy atom. The first-order valence-corrected chi connectivity index (χ1v) is 3.54. The molecule has 49 valence electrons. The zero-order valence-electron chi connectivity index (χ0n) is 6.27. The molecule has 1 nitrogen and oxygen atoms in total. The molecule has 9 heavy (non-hydrogen) atoms. The minimum absolute atomic E-state index is 0. The molecule has 0 atom stereocenters. The molecule has 0 aromatic rings. The van der Waals surface area contributed by atoms with Gasteiger partial charge in [-0.15, -0.1) is 0 Å². The van der Waals surface area contributed by atoms with Crippen molar-refractivity contribution in [3.8, 4) is 0 Å². The largest absolute Gasteiger partial charge is 0.396 e. The zero-order chi connectivity index (χ0) is 5.82. The number of aliphatic hydroxyl groups excluding tert-OH is 1. The zero-order valence-corrected chi connectivity index (χ0v) is 8.27. The summed E-state index contributed by atoms with van der Waals surface area (Å²) in [6.07, 6.45) is 6.58. The molecule has 1 saturated carbocycles. The Kier molecular flexibility index (Phi) is 6.33. The topological polar surface area (TPSA) is 20.2 Å². The fourth-order valence-corrected chi connectivity index (χ4v) is 1.37. The monoisotopic (exact) mass is 137 g/mol. The van der Waals surface area contributed by atoms with E-state index in [-0.39, 0.29) is 29.6 Å². The van der Waals surface area contributed by atoms with Crippen LogP contribution in [-0.4, -0.2) is 41.3 Å². The second-order valence-corrected chi connectivity index (χ2v) is 2.69. The van der Waals surface area contributed by atoms with E-state index in [9.17, 15) is 0 Å². The molecule has 1 radical (unpaired) electrons. The minimum atomic E-state index is 0. The van der Waals surface area contributed by atoms with Gasteiger partial charge in [0.1, 0.15) is 0 Å². The van der Waals surface area contributed by atoms with E-state index in [4.69, 9.17) is 5.11 Å². The summed E-state index contributed by atoms with van der Waals surface area (Å²) >= 11 is 0. The van der Waals surface area contributed by atoms with Crippen LogP contribution >= 0.6 is 0 Å². The molecule has 0 unspecified atom stereocenters. The molecule has 0 aromatic heterocycles.